The van der Waals surface area contributed by atoms with E-state index in [4.69, 9.17) is 6.42 Å². The normalized spacial score (nSPS) is 13.1. The number of hydrogen-bond donors (Lipinski definition) is 2. The standard InChI is InChI=1S/C14H20O2/c1-3-5-7-8-10-12-14(16)13(15)11-9-6-4-2/h2-3,13-16H,1,5,7-8,10-12H2. The van der Waals surface area contributed by atoms with Crippen molar-refractivity contribution in [1.29, 1.82) is 0 Å². The quantitative estimate of drug-likeness (QED) is 0.372. The van der Waals surface area contributed by atoms with Crippen LogP contribution in [0.4, 0.5) is 0 Å². The fourth-order valence-electron chi connectivity index (χ4n) is 1.35. The molecule has 0 heterocycles. The van der Waals surface area contributed by atoms with E-state index in [0.717, 1.165) is 25.7 Å². The molecule has 2 heteroatoms. The van der Waals surface area contributed by atoms with Crippen LogP contribution < -0.4 is 0 Å². The summed E-state index contributed by atoms with van der Waals surface area (Å²) in [4.78, 5) is 0. The van der Waals surface area contributed by atoms with Crippen molar-refractivity contribution in [2.24, 2.45) is 0 Å². The highest BCUT2D eigenvalue weighted by Gasteiger charge is 2.14. The van der Waals surface area contributed by atoms with Gasteiger partial charge in [-0.3, -0.25) is 0 Å². The number of rotatable bonds is 8. The molecule has 0 amide bonds. The molecule has 0 radical (unpaired) electrons. The maximum atomic E-state index is 9.58. The molecule has 88 valence electrons. The molecule has 0 bridgehead atoms. The lowest BCUT2D eigenvalue weighted by Crippen LogP contribution is -2.25. The number of allylic oxidation sites excluding steroid dienone is 1. The molecule has 0 fully saturated rings. The number of hydrogen-bond acceptors (Lipinski definition) is 2. The van der Waals surface area contributed by atoms with Crippen molar-refractivity contribution in [3.8, 4) is 24.2 Å². The van der Waals surface area contributed by atoms with E-state index in [2.05, 4.69) is 24.3 Å². The van der Waals surface area contributed by atoms with Crippen LogP contribution >= 0.6 is 0 Å². The SMILES string of the molecule is C#CC#CCC(O)C(O)CCCCCC=C. The second-order valence-electron chi connectivity index (χ2n) is 3.71. The first-order valence-electron chi connectivity index (χ1n) is 5.62. The molecule has 16 heavy (non-hydrogen) atoms. The van der Waals surface area contributed by atoms with E-state index in [9.17, 15) is 10.2 Å². The van der Waals surface area contributed by atoms with Crippen LogP contribution in [0.25, 0.3) is 0 Å². The molecule has 0 saturated heterocycles. The van der Waals surface area contributed by atoms with Gasteiger partial charge in [0.1, 0.15) is 0 Å². The summed E-state index contributed by atoms with van der Waals surface area (Å²) >= 11 is 0. The Morgan fingerprint density at radius 3 is 2.56 bits per heavy atom. The van der Waals surface area contributed by atoms with E-state index in [1.165, 1.54) is 0 Å². The second-order valence-corrected chi connectivity index (χ2v) is 3.71. The van der Waals surface area contributed by atoms with Gasteiger partial charge in [0.05, 0.1) is 12.2 Å². The van der Waals surface area contributed by atoms with Gasteiger partial charge in [0.15, 0.2) is 0 Å². The van der Waals surface area contributed by atoms with Crippen molar-refractivity contribution in [3.63, 3.8) is 0 Å². The highest BCUT2D eigenvalue weighted by atomic mass is 16.3. The Morgan fingerprint density at radius 1 is 1.19 bits per heavy atom. The Morgan fingerprint density at radius 2 is 1.94 bits per heavy atom. The Kier molecular flexibility index (Phi) is 9.52. The molecule has 0 aromatic rings. The van der Waals surface area contributed by atoms with Crippen LogP contribution in [0.2, 0.25) is 0 Å². The fourth-order valence-corrected chi connectivity index (χ4v) is 1.35. The van der Waals surface area contributed by atoms with Crippen molar-refractivity contribution < 1.29 is 10.2 Å². The van der Waals surface area contributed by atoms with Crippen molar-refractivity contribution in [2.45, 2.75) is 50.7 Å². The van der Waals surface area contributed by atoms with Crippen LogP contribution in [0.15, 0.2) is 12.7 Å². The molecule has 2 unspecified atom stereocenters. The largest absolute Gasteiger partial charge is 0.390 e. The van der Waals surface area contributed by atoms with Crippen LogP contribution in [0, 0.1) is 24.2 Å². The summed E-state index contributed by atoms with van der Waals surface area (Å²) in [5.74, 6) is 7.20. The topological polar surface area (TPSA) is 40.5 Å². The van der Waals surface area contributed by atoms with Crippen molar-refractivity contribution in [2.75, 3.05) is 0 Å². The van der Waals surface area contributed by atoms with Gasteiger partial charge in [0.2, 0.25) is 0 Å². The van der Waals surface area contributed by atoms with Gasteiger partial charge in [0.25, 0.3) is 0 Å². The third kappa shape index (κ3) is 8.12. The summed E-state index contributed by atoms with van der Waals surface area (Å²) in [7, 11) is 0. The summed E-state index contributed by atoms with van der Waals surface area (Å²) in [5, 5.41) is 19.1. The van der Waals surface area contributed by atoms with Gasteiger partial charge >= 0.3 is 0 Å². The fraction of sp³-hybridized carbons (Fsp3) is 0.571. The maximum Gasteiger partial charge on any atom is 0.0908 e. The Labute approximate surface area is 98.4 Å². The van der Waals surface area contributed by atoms with Crippen LogP contribution in [-0.2, 0) is 0 Å². The summed E-state index contributed by atoms with van der Waals surface area (Å²) in [5.41, 5.74) is 0. The zero-order chi connectivity index (χ0) is 12.2. The van der Waals surface area contributed by atoms with Crippen LogP contribution in [0.3, 0.4) is 0 Å². The number of terminal acetylenes is 1. The van der Waals surface area contributed by atoms with Gasteiger partial charge in [-0.1, -0.05) is 24.8 Å². The van der Waals surface area contributed by atoms with E-state index in [-0.39, 0.29) is 6.42 Å². The van der Waals surface area contributed by atoms with Crippen LogP contribution in [0.1, 0.15) is 38.5 Å². The minimum Gasteiger partial charge on any atom is -0.390 e. The van der Waals surface area contributed by atoms with E-state index < -0.39 is 12.2 Å². The number of aliphatic hydroxyl groups is 2. The maximum absolute atomic E-state index is 9.58. The zero-order valence-electron chi connectivity index (χ0n) is 9.65. The molecular weight excluding hydrogens is 200 g/mol. The van der Waals surface area contributed by atoms with Crippen LogP contribution in [0.5, 0.6) is 0 Å². The molecule has 0 rings (SSSR count). The smallest absolute Gasteiger partial charge is 0.0908 e. The summed E-state index contributed by atoms with van der Waals surface area (Å²) < 4.78 is 0. The van der Waals surface area contributed by atoms with Gasteiger partial charge in [0, 0.05) is 6.42 Å². The van der Waals surface area contributed by atoms with E-state index in [0.29, 0.717) is 6.42 Å². The molecule has 0 aromatic heterocycles. The van der Waals surface area contributed by atoms with Crippen molar-refractivity contribution in [1.82, 2.24) is 0 Å². The molecular formula is C14H20O2. The molecule has 0 aliphatic heterocycles. The minimum absolute atomic E-state index is 0.234. The highest BCUT2D eigenvalue weighted by molar-refractivity contribution is 5.21. The van der Waals surface area contributed by atoms with Crippen LogP contribution in [-0.4, -0.2) is 22.4 Å². The first-order valence-corrected chi connectivity index (χ1v) is 5.62. The molecule has 0 aliphatic rings. The summed E-state index contributed by atoms with van der Waals surface area (Å²) in [6.45, 7) is 3.64. The number of unbranched alkanes of at least 4 members (excludes halogenated alkanes) is 3. The molecule has 0 aromatic carbocycles. The Bertz CT molecular complexity index is 277. The van der Waals surface area contributed by atoms with Gasteiger partial charge in [-0.05, 0) is 31.1 Å². The average molecular weight is 220 g/mol. The average Bonchev–Trinajstić information content (AvgIpc) is 2.28. The first-order chi connectivity index (χ1) is 7.72. The molecule has 2 atom stereocenters. The van der Waals surface area contributed by atoms with Gasteiger partial charge in [-0.25, -0.2) is 0 Å². The van der Waals surface area contributed by atoms with Gasteiger partial charge < -0.3 is 10.2 Å². The van der Waals surface area contributed by atoms with Gasteiger partial charge in [-0.15, -0.1) is 13.0 Å². The van der Waals surface area contributed by atoms with E-state index >= 15 is 0 Å². The Balaban J connectivity index is 3.59. The lowest BCUT2D eigenvalue weighted by molar-refractivity contribution is 0.0165. The third-order valence-electron chi connectivity index (χ3n) is 2.32. The summed E-state index contributed by atoms with van der Waals surface area (Å²) in [6, 6.07) is 0. The summed E-state index contributed by atoms with van der Waals surface area (Å²) in [6.07, 6.45) is 10.2. The van der Waals surface area contributed by atoms with Crippen molar-refractivity contribution >= 4 is 0 Å². The lowest BCUT2D eigenvalue weighted by atomic mass is 10.0. The molecule has 0 aliphatic carbocycles. The monoisotopic (exact) mass is 220 g/mol. The van der Waals surface area contributed by atoms with E-state index in [1.54, 1.807) is 0 Å². The first kappa shape index (κ1) is 14.8. The predicted octanol–water partition coefficient (Wildman–Crippen LogP) is 1.87. The third-order valence-corrected chi connectivity index (χ3v) is 2.32. The Hall–Kier alpha value is -1.22. The minimum atomic E-state index is -0.791. The number of aliphatic hydroxyl groups excluding tert-OH is 2. The zero-order valence-corrected chi connectivity index (χ0v) is 9.65. The van der Waals surface area contributed by atoms with Crippen molar-refractivity contribution in [3.05, 3.63) is 12.7 Å². The molecule has 2 N–H and O–H groups in total. The lowest BCUT2D eigenvalue weighted by Gasteiger charge is -2.15. The highest BCUT2D eigenvalue weighted by Crippen LogP contribution is 2.10. The predicted molar refractivity (Wildman–Crippen MR) is 66.5 cm³/mol. The van der Waals surface area contributed by atoms with Gasteiger partial charge in [-0.2, -0.15) is 0 Å². The van der Waals surface area contributed by atoms with E-state index in [1.807, 2.05) is 6.08 Å². The molecule has 0 saturated carbocycles. The molecule has 0 spiro atoms. The molecule has 2 nitrogen and oxygen atoms in total. The second kappa shape index (κ2) is 10.3.